The first-order valence-electron chi connectivity index (χ1n) is 5.38. The first-order chi connectivity index (χ1) is 8.28. The maximum Gasteiger partial charge on any atom is 0.188 e. The fourth-order valence-electron chi connectivity index (χ4n) is 1.32. The van der Waals surface area contributed by atoms with Crippen LogP contribution in [-0.4, -0.2) is 27.8 Å². The molecule has 0 aliphatic rings. The standard InChI is InChI=1S/C11H15N5S/c1-8(6-12)15-9-2-4-10(5-3-9)17-11-13-7-14-16-11/h2-5,7-8,15H,6,12H2,1H3,(H,13,14,16). The number of hydrogen-bond acceptors (Lipinski definition) is 5. The fraction of sp³-hybridized carbons (Fsp3) is 0.273. The molecule has 6 heteroatoms. The van der Waals surface area contributed by atoms with E-state index in [4.69, 9.17) is 5.73 Å². The Kier molecular flexibility index (Phi) is 4.00. The maximum absolute atomic E-state index is 5.55. The minimum atomic E-state index is 0.280. The highest BCUT2D eigenvalue weighted by molar-refractivity contribution is 7.99. The predicted molar refractivity (Wildman–Crippen MR) is 69.1 cm³/mol. The van der Waals surface area contributed by atoms with Crippen LogP contribution in [0.5, 0.6) is 0 Å². The molecule has 1 unspecified atom stereocenters. The van der Waals surface area contributed by atoms with Crippen LogP contribution in [-0.2, 0) is 0 Å². The van der Waals surface area contributed by atoms with Crippen LogP contribution in [0.4, 0.5) is 5.69 Å². The zero-order valence-corrected chi connectivity index (χ0v) is 10.4. The van der Waals surface area contributed by atoms with Crippen LogP contribution in [0.1, 0.15) is 6.92 Å². The van der Waals surface area contributed by atoms with Gasteiger partial charge in [-0.3, -0.25) is 5.10 Å². The van der Waals surface area contributed by atoms with E-state index in [1.165, 1.54) is 6.33 Å². The maximum atomic E-state index is 5.55. The third-order valence-corrected chi connectivity index (χ3v) is 3.13. The van der Waals surface area contributed by atoms with Gasteiger partial charge in [-0.1, -0.05) is 11.8 Å². The molecular formula is C11H15N5S. The number of aromatic amines is 1. The lowest BCUT2D eigenvalue weighted by Gasteiger charge is -2.12. The molecule has 0 amide bonds. The van der Waals surface area contributed by atoms with Crippen molar-refractivity contribution in [3.63, 3.8) is 0 Å². The smallest absolute Gasteiger partial charge is 0.188 e. The number of nitrogens with one attached hydrogen (secondary N) is 2. The van der Waals surface area contributed by atoms with E-state index in [1.807, 2.05) is 24.3 Å². The number of anilines is 1. The fourth-order valence-corrected chi connectivity index (χ4v) is 2.01. The van der Waals surface area contributed by atoms with Crippen LogP contribution in [0.2, 0.25) is 0 Å². The van der Waals surface area contributed by atoms with Gasteiger partial charge < -0.3 is 11.1 Å². The van der Waals surface area contributed by atoms with Crippen LogP contribution in [0, 0.1) is 0 Å². The third kappa shape index (κ3) is 3.47. The number of benzene rings is 1. The molecule has 0 radical (unpaired) electrons. The Balaban J connectivity index is 1.98. The average Bonchev–Trinajstić information content (AvgIpc) is 2.84. The first kappa shape index (κ1) is 11.9. The number of rotatable bonds is 5. The molecule has 17 heavy (non-hydrogen) atoms. The summed E-state index contributed by atoms with van der Waals surface area (Å²) in [5.41, 5.74) is 6.63. The van der Waals surface area contributed by atoms with Gasteiger partial charge in [0.2, 0.25) is 0 Å². The van der Waals surface area contributed by atoms with Crippen LogP contribution >= 0.6 is 11.8 Å². The van der Waals surface area contributed by atoms with E-state index in [1.54, 1.807) is 11.8 Å². The van der Waals surface area contributed by atoms with E-state index in [2.05, 4.69) is 27.4 Å². The Morgan fingerprint density at radius 1 is 1.41 bits per heavy atom. The minimum absolute atomic E-state index is 0.280. The molecule has 5 nitrogen and oxygen atoms in total. The van der Waals surface area contributed by atoms with Gasteiger partial charge >= 0.3 is 0 Å². The van der Waals surface area contributed by atoms with Crippen molar-refractivity contribution in [3.05, 3.63) is 30.6 Å². The zero-order valence-electron chi connectivity index (χ0n) is 9.55. The molecule has 1 aromatic carbocycles. The zero-order chi connectivity index (χ0) is 12.1. The van der Waals surface area contributed by atoms with Gasteiger partial charge in [0.1, 0.15) is 6.33 Å². The molecule has 2 aromatic rings. The summed E-state index contributed by atoms with van der Waals surface area (Å²) >= 11 is 1.55. The number of H-pyrrole nitrogens is 1. The molecule has 1 atom stereocenters. The van der Waals surface area contributed by atoms with Crippen molar-refractivity contribution in [1.82, 2.24) is 15.2 Å². The quantitative estimate of drug-likeness (QED) is 0.752. The lowest BCUT2D eigenvalue weighted by Crippen LogP contribution is -2.24. The number of nitrogens with two attached hydrogens (primary N) is 1. The normalized spacial score (nSPS) is 12.4. The van der Waals surface area contributed by atoms with E-state index < -0.39 is 0 Å². The van der Waals surface area contributed by atoms with Gasteiger partial charge in [-0.2, -0.15) is 5.10 Å². The van der Waals surface area contributed by atoms with Gasteiger partial charge in [-0.05, 0) is 31.2 Å². The van der Waals surface area contributed by atoms with Crippen molar-refractivity contribution < 1.29 is 0 Å². The van der Waals surface area contributed by atoms with Crippen LogP contribution in [0.3, 0.4) is 0 Å². The topological polar surface area (TPSA) is 79.6 Å². The molecule has 0 fully saturated rings. The van der Waals surface area contributed by atoms with Crippen molar-refractivity contribution in [2.75, 3.05) is 11.9 Å². The summed E-state index contributed by atoms with van der Waals surface area (Å²) in [7, 11) is 0. The van der Waals surface area contributed by atoms with Gasteiger partial charge in [0, 0.05) is 23.2 Å². The average molecular weight is 249 g/mol. The molecule has 0 aliphatic heterocycles. The predicted octanol–water partition coefficient (Wildman–Crippen LogP) is 1.71. The molecule has 0 spiro atoms. The molecule has 0 saturated carbocycles. The van der Waals surface area contributed by atoms with Crippen molar-refractivity contribution in [2.24, 2.45) is 5.73 Å². The van der Waals surface area contributed by atoms with E-state index in [0.29, 0.717) is 6.54 Å². The third-order valence-electron chi connectivity index (χ3n) is 2.23. The highest BCUT2D eigenvalue weighted by atomic mass is 32.2. The molecule has 90 valence electrons. The van der Waals surface area contributed by atoms with E-state index >= 15 is 0 Å². The molecule has 0 saturated heterocycles. The second-order valence-electron chi connectivity index (χ2n) is 3.70. The monoisotopic (exact) mass is 249 g/mol. The van der Waals surface area contributed by atoms with E-state index in [-0.39, 0.29) is 6.04 Å². The summed E-state index contributed by atoms with van der Waals surface area (Å²) in [6.45, 7) is 2.67. The van der Waals surface area contributed by atoms with Crippen LogP contribution in [0.25, 0.3) is 0 Å². The lowest BCUT2D eigenvalue weighted by molar-refractivity contribution is 0.804. The summed E-state index contributed by atoms with van der Waals surface area (Å²) in [4.78, 5) is 5.18. The number of hydrogen-bond donors (Lipinski definition) is 3. The van der Waals surface area contributed by atoms with E-state index in [0.717, 1.165) is 15.7 Å². The van der Waals surface area contributed by atoms with Gasteiger partial charge in [0.05, 0.1) is 0 Å². The molecule has 1 heterocycles. The minimum Gasteiger partial charge on any atom is -0.381 e. The molecule has 0 aliphatic carbocycles. The summed E-state index contributed by atoms with van der Waals surface area (Å²) in [5, 5.41) is 10.7. The Labute approximate surface area is 104 Å². The van der Waals surface area contributed by atoms with E-state index in [9.17, 15) is 0 Å². The van der Waals surface area contributed by atoms with Crippen LogP contribution < -0.4 is 11.1 Å². The highest BCUT2D eigenvalue weighted by Gasteiger charge is 2.01. The molecule has 0 bridgehead atoms. The number of nitrogens with zero attached hydrogens (tertiary/aromatic N) is 2. The summed E-state index contributed by atoms with van der Waals surface area (Å²) < 4.78 is 0. The molecule has 2 rings (SSSR count). The molecule has 4 N–H and O–H groups in total. The van der Waals surface area contributed by atoms with Gasteiger partial charge in [-0.15, -0.1) is 0 Å². The highest BCUT2D eigenvalue weighted by Crippen LogP contribution is 2.25. The first-order valence-corrected chi connectivity index (χ1v) is 6.19. The van der Waals surface area contributed by atoms with Gasteiger partial charge in [-0.25, -0.2) is 4.98 Å². The SMILES string of the molecule is CC(CN)Nc1ccc(Sc2ncn[nH]2)cc1. The second kappa shape index (κ2) is 5.70. The van der Waals surface area contributed by atoms with Gasteiger partial charge in [0.25, 0.3) is 0 Å². The summed E-state index contributed by atoms with van der Waals surface area (Å²) in [6, 6.07) is 8.43. The van der Waals surface area contributed by atoms with Crippen LogP contribution in [0.15, 0.2) is 40.6 Å². The van der Waals surface area contributed by atoms with Crippen molar-refractivity contribution in [2.45, 2.75) is 23.0 Å². The lowest BCUT2D eigenvalue weighted by atomic mass is 10.2. The summed E-state index contributed by atoms with van der Waals surface area (Å²) in [6.07, 6.45) is 1.50. The Morgan fingerprint density at radius 3 is 2.76 bits per heavy atom. The Hall–Kier alpha value is -1.53. The Morgan fingerprint density at radius 2 is 2.18 bits per heavy atom. The largest absolute Gasteiger partial charge is 0.381 e. The van der Waals surface area contributed by atoms with Crippen molar-refractivity contribution in [3.8, 4) is 0 Å². The summed E-state index contributed by atoms with van der Waals surface area (Å²) in [5.74, 6) is 0. The second-order valence-corrected chi connectivity index (χ2v) is 4.76. The molecule has 1 aromatic heterocycles. The Bertz CT molecular complexity index is 439. The van der Waals surface area contributed by atoms with Crippen molar-refractivity contribution in [1.29, 1.82) is 0 Å². The van der Waals surface area contributed by atoms with Gasteiger partial charge in [0.15, 0.2) is 5.16 Å². The number of aromatic nitrogens is 3. The molecular weight excluding hydrogens is 234 g/mol. The van der Waals surface area contributed by atoms with Crippen molar-refractivity contribution >= 4 is 17.4 Å².